The SMILES string of the molecule is CC(C)(C)c1cc2[c-]c(c1)C(C)(C)c1cccc(n1)-c1[c-]c(cc(C(C)(C)C)c1)C(C)(C)c1cccc-2n1.CC1(C)c2[c-]c(ccc2)-c2nc(c(F)cc2F)C(C)(C)c2[c-]c(c(F)cc2F)-c2cccc1n2.CN(C)c1cc2nc(c1)C(C)(C)c1cc(N(C)C)cc(n1)-c1[c-]c(c(F)cc1F)C(C)(C)c1[c-]c-2c(F)cc1F.[Pt+2].[Pt+2].[Pt+2].[Pt+2].[c-]1c2cccc1-c1cccc(n1)Cc1cccc(n1)-c1[c-]c(ccc1)C2. The van der Waals surface area contributed by atoms with E-state index in [1.807, 2.05) is 96.0 Å². The monoisotopic (exact) mass is 2620 g/mol. The van der Waals surface area contributed by atoms with Gasteiger partial charge in [0.15, 0.2) is 0 Å². The van der Waals surface area contributed by atoms with Gasteiger partial charge in [-0.1, -0.05) is 235 Å². The minimum atomic E-state index is -1.41. The third-order valence-corrected chi connectivity index (χ3v) is 26.9. The number of anilines is 2. The summed E-state index contributed by atoms with van der Waals surface area (Å²) < 4.78 is 122. The number of pyridine rings is 8. The summed E-state index contributed by atoms with van der Waals surface area (Å²) in [5.41, 5.74) is 18.3. The van der Waals surface area contributed by atoms with Crippen LogP contribution < -0.4 is 9.80 Å². The molecule has 0 aliphatic carbocycles. The van der Waals surface area contributed by atoms with Gasteiger partial charge in [0.2, 0.25) is 0 Å². The smallest absolute Gasteiger partial charge is 0.378 e. The zero-order valence-electron chi connectivity index (χ0n) is 83.0. The van der Waals surface area contributed by atoms with Crippen molar-refractivity contribution >= 4 is 11.4 Å². The maximum absolute atomic E-state index is 15.4. The van der Waals surface area contributed by atoms with Crippen LogP contribution in [0.3, 0.4) is 0 Å². The average Bonchev–Trinajstić information content (AvgIpc) is 0.700. The first-order valence-corrected chi connectivity index (χ1v) is 46.1. The minimum Gasteiger partial charge on any atom is -0.378 e. The van der Waals surface area contributed by atoms with E-state index >= 15 is 26.3 Å². The second kappa shape index (κ2) is 41.1. The molecular formula is C120H106F8N10Pt4. The summed E-state index contributed by atoms with van der Waals surface area (Å²) in [6, 6.07) is 93.6. The second-order valence-corrected chi connectivity index (χ2v) is 41.7. The number of aromatic nitrogens is 8. The van der Waals surface area contributed by atoms with Gasteiger partial charge in [-0.15, -0.1) is 194 Å². The van der Waals surface area contributed by atoms with Crippen LogP contribution in [0.25, 0.3) is 90.1 Å². The van der Waals surface area contributed by atoms with Crippen LogP contribution in [-0.4, -0.2) is 68.1 Å². The molecule has 12 heterocycles. The molecule has 0 atom stereocenters. The van der Waals surface area contributed by atoms with E-state index in [-0.39, 0.29) is 168 Å². The summed E-state index contributed by atoms with van der Waals surface area (Å²) in [6.45, 7) is 36.5. The van der Waals surface area contributed by atoms with Crippen LogP contribution in [0.4, 0.5) is 46.5 Å². The van der Waals surface area contributed by atoms with Gasteiger partial charge in [-0.05, 0) is 119 Å². The van der Waals surface area contributed by atoms with Gasteiger partial charge in [-0.3, -0.25) is 31.3 Å². The molecule has 0 N–H and O–H groups in total. The molecule has 8 aromatic carbocycles. The van der Waals surface area contributed by atoms with Gasteiger partial charge in [0.05, 0.1) is 5.69 Å². The van der Waals surface area contributed by atoms with Crippen molar-refractivity contribution in [3.05, 3.63) is 415 Å². The van der Waals surface area contributed by atoms with Crippen LogP contribution >= 0.6 is 0 Å². The molecule has 0 saturated carbocycles. The van der Waals surface area contributed by atoms with Crippen LogP contribution in [0.1, 0.15) is 226 Å². The number of benzene rings is 8. The van der Waals surface area contributed by atoms with E-state index in [1.165, 1.54) is 25.0 Å². The fourth-order valence-corrected chi connectivity index (χ4v) is 17.9. The molecule has 0 fully saturated rings. The Bertz CT molecular complexity index is 7000. The van der Waals surface area contributed by atoms with E-state index in [1.54, 1.807) is 56.3 Å². The van der Waals surface area contributed by atoms with Crippen molar-refractivity contribution in [1.29, 1.82) is 0 Å². The maximum atomic E-state index is 15.4. The van der Waals surface area contributed by atoms with E-state index in [4.69, 9.17) is 29.9 Å². The molecule has 0 spiro atoms. The van der Waals surface area contributed by atoms with Crippen molar-refractivity contribution in [2.75, 3.05) is 38.0 Å². The first kappa shape index (κ1) is 108. The minimum absolute atomic E-state index is 0. The fourth-order valence-electron chi connectivity index (χ4n) is 17.9. The third kappa shape index (κ3) is 21.5. The molecule has 0 saturated heterocycles. The summed E-state index contributed by atoms with van der Waals surface area (Å²) in [7, 11) is 7.41. The molecular weight excluding hydrogens is 2510 g/mol. The van der Waals surface area contributed by atoms with Crippen LogP contribution in [0.15, 0.2) is 218 Å². The van der Waals surface area contributed by atoms with Gasteiger partial charge in [0.25, 0.3) is 0 Å². The zero-order chi connectivity index (χ0) is 98.7. The number of halogens is 8. The summed E-state index contributed by atoms with van der Waals surface area (Å²) in [6.07, 6.45) is 1.50. The van der Waals surface area contributed by atoms with Crippen molar-refractivity contribution in [1.82, 2.24) is 39.9 Å². The molecule has 142 heavy (non-hydrogen) atoms. The Morgan fingerprint density at radius 1 is 0.261 bits per heavy atom. The number of rotatable bonds is 2. The Labute approximate surface area is 886 Å². The van der Waals surface area contributed by atoms with Gasteiger partial charge in [0, 0.05) is 160 Å². The van der Waals surface area contributed by atoms with Gasteiger partial charge in [-0.2, -0.15) is 0 Å². The first-order valence-electron chi connectivity index (χ1n) is 46.1. The molecule has 4 aliphatic heterocycles. The molecule has 8 aromatic heterocycles. The van der Waals surface area contributed by atoms with Crippen molar-refractivity contribution in [3.63, 3.8) is 0 Å². The molecule has 732 valence electrons. The molecule has 10 nitrogen and oxygen atoms in total. The Hall–Kier alpha value is -11.2. The topological polar surface area (TPSA) is 110 Å². The molecule has 0 radical (unpaired) electrons. The van der Waals surface area contributed by atoms with E-state index < -0.39 is 68.2 Å². The van der Waals surface area contributed by atoms with Gasteiger partial charge < -0.3 is 44.7 Å². The second-order valence-electron chi connectivity index (χ2n) is 41.7. The van der Waals surface area contributed by atoms with Crippen LogP contribution in [-0.2, 0) is 140 Å². The van der Waals surface area contributed by atoms with Crippen molar-refractivity contribution < 1.29 is 119 Å². The van der Waals surface area contributed by atoms with E-state index in [0.29, 0.717) is 34.6 Å². The number of hydrogen-bond acceptors (Lipinski definition) is 10. The summed E-state index contributed by atoms with van der Waals surface area (Å²) >= 11 is 0. The molecule has 4 aliphatic rings. The predicted molar refractivity (Wildman–Crippen MR) is 532 cm³/mol. The Morgan fingerprint density at radius 3 is 1.01 bits per heavy atom. The van der Waals surface area contributed by atoms with Gasteiger partial charge >= 0.3 is 84.3 Å². The molecule has 32 bridgehead atoms. The largest absolute Gasteiger partial charge is 2.00 e. The maximum Gasteiger partial charge on any atom is 2.00 e. The quantitative estimate of drug-likeness (QED) is 0.123. The molecule has 0 unspecified atom stereocenters. The van der Waals surface area contributed by atoms with Crippen LogP contribution in [0.5, 0.6) is 0 Å². The Balaban J connectivity index is 0.000000159. The van der Waals surface area contributed by atoms with Crippen LogP contribution in [0, 0.1) is 95.1 Å². The van der Waals surface area contributed by atoms with Gasteiger partial charge in [-0.25, -0.2) is 8.78 Å². The Morgan fingerprint density at radius 2 is 0.599 bits per heavy atom. The summed E-state index contributed by atoms with van der Waals surface area (Å²) in [5, 5.41) is 0. The fraction of sp³-hybridized carbons (Fsp3) is 0.267. The Kier molecular flexibility index (Phi) is 31.3. The molecule has 22 heteroatoms. The first-order chi connectivity index (χ1) is 65.0. The normalized spacial score (nSPS) is 14.5. The summed E-state index contributed by atoms with van der Waals surface area (Å²) in [4.78, 5) is 42.6. The van der Waals surface area contributed by atoms with E-state index in [0.717, 1.165) is 132 Å². The molecule has 0 amide bonds. The third-order valence-electron chi connectivity index (χ3n) is 26.9. The zero-order valence-corrected chi connectivity index (χ0v) is 92.0. The van der Waals surface area contributed by atoms with E-state index in [2.05, 4.69) is 249 Å². The van der Waals surface area contributed by atoms with Crippen LogP contribution in [0.2, 0.25) is 0 Å². The van der Waals surface area contributed by atoms with E-state index in [9.17, 15) is 8.78 Å². The molecule has 16 aromatic rings. The number of fused-ring (bicyclic) bond motifs is 40. The number of hydrogen-bond donors (Lipinski definition) is 0. The van der Waals surface area contributed by atoms with Gasteiger partial charge in [0.1, 0.15) is 11.6 Å². The van der Waals surface area contributed by atoms with Crippen molar-refractivity contribution in [3.8, 4) is 90.1 Å². The van der Waals surface area contributed by atoms with Crippen molar-refractivity contribution in [2.45, 2.75) is 181 Å². The summed E-state index contributed by atoms with van der Waals surface area (Å²) in [5.74, 6) is -7.06. The predicted octanol–water partition coefficient (Wildman–Crippen LogP) is 27.9. The number of nitrogens with zero attached hydrogens (tertiary/aromatic N) is 10. The average molecular weight is 2620 g/mol. The standard InChI is InChI=1S/C36H40N2.C32H30F4N4.C28H20F4N2.C24H16N2.4Pt/c1-33(2,3)25-17-23-19-27(21-25)35(7,8)31-15-12-14-30(38-31)24-18-26(34(4,5)6)22-28(20-24)36(9,10)32-16-11-13-29(23)37-32;1-31(2)21-13-19(23(33)15-25(21)35)27-9-17(39(5)6)11-29(37-27)32(3,4)30-12-18(40(7)8)10-28(38-30)20-14-22(31)26(36)16-24(20)34;1-27(2)16-8-5-7-15(11-16)25-21(31)14-22(32)26(34-25)28(3,4)18-12-17(19(29)13-20(18)30)23-9-6-10-24(27)33-23;1-5-17-13-18-6-2-8-20(15-18)24-12-4-10-22(26-24)16-21-9-3-11-23(25-21)19(7-1)14-17;;;;/h11-18,21-22H,1-10H3;9-12,15-16H,1-8H3;5-10,13-14H,1-4H3;1-12H,13,16H2;;;;/q4*-2;4*+2. The van der Waals surface area contributed by atoms with Crippen molar-refractivity contribution in [2.24, 2.45) is 0 Å². The molecule has 20 rings (SSSR count).